The number of hydrogen-bond acceptors (Lipinski definition) is 5. The normalized spacial score (nSPS) is 12.0. The molecule has 0 saturated carbocycles. The van der Waals surface area contributed by atoms with Gasteiger partial charge in [-0.25, -0.2) is 14.5 Å². The minimum Gasteiger partial charge on any atom is -0.494 e. The Morgan fingerprint density at radius 1 is 1.12 bits per heavy atom. The van der Waals surface area contributed by atoms with Crippen LogP contribution >= 0.6 is 0 Å². The molecule has 10 heteroatoms. The first-order valence-corrected chi connectivity index (χ1v) is 9.66. The number of benzene rings is 1. The summed E-state index contributed by atoms with van der Waals surface area (Å²) in [6.07, 6.45) is -4.73. The molecule has 0 saturated heterocycles. The monoisotopic (exact) mass is 448 g/mol. The number of carboxylic acid groups (broad SMARTS) is 1. The average Bonchev–Trinajstić information content (AvgIpc) is 3.10. The SMILES string of the molecule is COc1cccc(C)c1-n1nc(C(C)(C)C)cc1Nc1nc(C(F)(F)F)ccc1C(=O)O. The second kappa shape index (κ2) is 8.18. The zero-order valence-electron chi connectivity index (χ0n) is 18.2. The van der Waals surface area contributed by atoms with E-state index in [2.05, 4.69) is 15.4 Å². The molecule has 0 aliphatic carbocycles. The van der Waals surface area contributed by atoms with E-state index >= 15 is 0 Å². The summed E-state index contributed by atoms with van der Waals surface area (Å²) in [5, 5.41) is 16.9. The molecule has 0 radical (unpaired) electrons. The number of rotatable bonds is 5. The lowest BCUT2D eigenvalue weighted by atomic mass is 9.92. The molecule has 0 aliphatic heterocycles. The van der Waals surface area contributed by atoms with Gasteiger partial charge in [0.05, 0.1) is 12.8 Å². The molecule has 3 aromatic rings. The number of carbonyl (C=O) groups is 1. The Balaban J connectivity index is 2.24. The molecule has 3 rings (SSSR count). The highest BCUT2D eigenvalue weighted by Gasteiger charge is 2.34. The fourth-order valence-corrected chi connectivity index (χ4v) is 3.08. The minimum atomic E-state index is -4.73. The summed E-state index contributed by atoms with van der Waals surface area (Å²) in [5.74, 6) is -1.12. The lowest BCUT2D eigenvalue weighted by Gasteiger charge is -2.16. The number of pyridine rings is 1. The number of ether oxygens (including phenoxy) is 1. The van der Waals surface area contributed by atoms with Crippen LogP contribution in [-0.2, 0) is 11.6 Å². The summed E-state index contributed by atoms with van der Waals surface area (Å²) >= 11 is 0. The highest BCUT2D eigenvalue weighted by Crippen LogP contribution is 2.35. The molecule has 0 amide bonds. The second-order valence-corrected chi connectivity index (χ2v) is 8.22. The summed E-state index contributed by atoms with van der Waals surface area (Å²) in [6.45, 7) is 7.64. The topological polar surface area (TPSA) is 89.3 Å². The van der Waals surface area contributed by atoms with Crippen LogP contribution in [0.3, 0.4) is 0 Å². The van der Waals surface area contributed by atoms with Crippen LogP contribution in [0.1, 0.15) is 48.1 Å². The van der Waals surface area contributed by atoms with Crippen LogP contribution in [-0.4, -0.2) is 33.0 Å². The number of aryl methyl sites for hydroxylation is 1. The van der Waals surface area contributed by atoms with Gasteiger partial charge < -0.3 is 15.2 Å². The zero-order valence-corrected chi connectivity index (χ0v) is 18.2. The van der Waals surface area contributed by atoms with E-state index in [0.29, 0.717) is 23.2 Å². The number of para-hydroxylation sites is 1. The maximum atomic E-state index is 13.2. The molecule has 0 unspecified atom stereocenters. The first-order chi connectivity index (χ1) is 14.8. The highest BCUT2D eigenvalue weighted by molar-refractivity contribution is 5.94. The number of nitrogens with zero attached hydrogens (tertiary/aromatic N) is 3. The number of methoxy groups -OCH3 is 1. The largest absolute Gasteiger partial charge is 0.494 e. The van der Waals surface area contributed by atoms with Gasteiger partial charge >= 0.3 is 12.1 Å². The van der Waals surface area contributed by atoms with Crippen molar-refractivity contribution in [2.75, 3.05) is 12.4 Å². The van der Waals surface area contributed by atoms with Gasteiger partial charge in [0, 0.05) is 11.5 Å². The Morgan fingerprint density at radius 2 is 1.81 bits per heavy atom. The van der Waals surface area contributed by atoms with E-state index in [1.54, 1.807) is 18.2 Å². The van der Waals surface area contributed by atoms with E-state index in [4.69, 9.17) is 4.74 Å². The summed E-state index contributed by atoms with van der Waals surface area (Å²) in [6, 6.07) is 8.54. The third-order valence-corrected chi connectivity index (χ3v) is 4.77. The van der Waals surface area contributed by atoms with Crippen molar-refractivity contribution in [3.8, 4) is 11.4 Å². The van der Waals surface area contributed by atoms with E-state index in [0.717, 1.165) is 11.6 Å². The predicted molar refractivity (Wildman–Crippen MR) is 113 cm³/mol. The molecule has 0 aliphatic rings. The Kier molecular flexibility index (Phi) is 5.90. The number of alkyl halides is 3. The number of aromatic carboxylic acids is 1. The molecule has 170 valence electrons. The maximum absolute atomic E-state index is 13.2. The second-order valence-electron chi connectivity index (χ2n) is 8.22. The quantitative estimate of drug-likeness (QED) is 0.548. The summed E-state index contributed by atoms with van der Waals surface area (Å²) in [5.41, 5.74) is -0.00750. The molecule has 0 fully saturated rings. The Labute approximate surface area is 182 Å². The van der Waals surface area contributed by atoms with Crippen molar-refractivity contribution in [2.45, 2.75) is 39.3 Å². The van der Waals surface area contributed by atoms with Crippen LogP contribution < -0.4 is 10.1 Å². The van der Waals surface area contributed by atoms with E-state index in [1.807, 2.05) is 33.8 Å². The third-order valence-electron chi connectivity index (χ3n) is 4.77. The number of anilines is 2. The number of carboxylic acids is 1. The first-order valence-electron chi connectivity index (χ1n) is 9.66. The van der Waals surface area contributed by atoms with Gasteiger partial charge in [0.15, 0.2) is 0 Å². The van der Waals surface area contributed by atoms with E-state index in [1.165, 1.54) is 11.8 Å². The van der Waals surface area contributed by atoms with Gasteiger partial charge in [0.2, 0.25) is 0 Å². The number of nitrogens with one attached hydrogen (secondary N) is 1. The van der Waals surface area contributed by atoms with Crippen LogP contribution in [0.25, 0.3) is 5.69 Å². The van der Waals surface area contributed by atoms with Crippen molar-refractivity contribution < 1.29 is 27.8 Å². The van der Waals surface area contributed by atoms with Crippen LogP contribution in [0.5, 0.6) is 5.75 Å². The minimum absolute atomic E-state index is 0.247. The number of aromatic nitrogens is 3. The van der Waals surface area contributed by atoms with E-state index in [9.17, 15) is 23.1 Å². The van der Waals surface area contributed by atoms with Crippen LogP contribution in [0.4, 0.5) is 24.8 Å². The number of hydrogen-bond donors (Lipinski definition) is 2. The van der Waals surface area contributed by atoms with Crippen molar-refractivity contribution in [1.82, 2.24) is 14.8 Å². The first kappa shape index (κ1) is 23.1. The van der Waals surface area contributed by atoms with Crippen molar-refractivity contribution in [3.63, 3.8) is 0 Å². The lowest BCUT2D eigenvalue weighted by molar-refractivity contribution is -0.141. The Bertz CT molecular complexity index is 1160. The zero-order chi connectivity index (χ0) is 23.8. The third kappa shape index (κ3) is 4.53. The molecule has 0 atom stereocenters. The van der Waals surface area contributed by atoms with Crippen LogP contribution in [0.15, 0.2) is 36.4 Å². The van der Waals surface area contributed by atoms with Gasteiger partial charge in [-0.2, -0.15) is 18.3 Å². The molecular formula is C22H23F3N4O3. The van der Waals surface area contributed by atoms with Gasteiger partial charge in [0.1, 0.15) is 34.3 Å². The van der Waals surface area contributed by atoms with Gasteiger partial charge in [-0.1, -0.05) is 32.9 Å². The van der Waals surface area contributed by atoms with Gasteiger partial charge in [-0.05, 0) is 30.7 Å². The van der Waals surface area contributed by atoms with Crippen molar-refractivity contribution in [2.24, 2.45) is 0 Å². The molecule has 2 N–H and O–H groups in total. The summed E-state index contributed by atoms with van der Waals surface area (Å²) < 4.78 is 46.6. The molecule has 32 heavy (non-hydrogen) atoms. The van der Waals surface area contributed by atoms with Crippen molar-refractivity contribution >= 4 is 17.6 Å². The van der Waals surface area contributed by atoms with Crippen molar-refractivity contribution in [1.29, 1.82) is 0 Å². The highest BCUT2D eigenvalue weighted by atomic mass is 19.4. The van der Waals surface area contributed by atoms with E-state index < -0.39 is 34.6 Å². The molecule has 2 aromatic heterocycles. The van der Waals surface area contributed by atoms with Gasteiger partial charge in [-0.3, -0.25) is 0 Å². The number of halogens is 3. The smallest absolute Gasteiger partial charge is 0.433 e. The summed E-state index contributed by atoms with van der Waals surface area (Å²) in [4.78, 5) is 15.2. The molecule has 0 spiro atoms. The average molecular weight is 448 g/mol. The fourth-order valence-electron chi connectivity index (χ4n) is 3.08. The molecule has 2 heterocycles. The van der Waals surface area contributed by atoms with E-state index in [-0.39, 0.29) is 5.82 Å². The standard InChI is InChI=1S/C22H23F3N4O3/c1-12-7-6-8-14(32-5)18(12)29-17(11-16(28-29)21(2,3)4)27-19-13(20(30)31)9-10-15(26-19)22(23,24)25/h6-11H,1-5H3,(H,26,27)(H,30,31). The van der Waals surface area contributed by atoms with Crippen LogP contribution in [0.2, 0.25) is 0 Å². The molecule has 0 bridgehead atoms. The van der Waals surface area contributed by atoms with Crippen molar-refractivity contribution in [3.05, 3.63) is 58.9 Å². The predicted octanol–water partition coefficient (Wildman–Crippen LogP) is 5.34. The fraction of sp³-hybridized carbons (Fsp3) is 0.318. The van der Waals surface area contributed by atoms with Gasteiger partial charge in [-0.15, -0.1) is 0 Å². The molecule has 7 nitrogen and oxygen atoms in total. The molecule has 1 aromatic carbocycles. The lowest BCUT2D eigenvalue weighted by Crippen LogP contribution is -2.14. The maximum Gasteiger partial charge on any atom is 0.433 e. The van der Waals surface area contributed by atoms with Gasteiger partial charge in [0.25, 0.3) is 0 Å². The van der Waals surface area contributed by atoms with Crippen LogP contribution in [0, 0.1) is 6.92 Å². The summed E-state index contributed by atoms with van der Waals surface area (Å²) in [7, 11) is 1.50. The Hall–Kier alpha value is -3.56. The molecular weight excluding hydrogens is 425 g/mol. The Morgan fingerprint density at radius 3 is 2.38 bits per heavy atom.